The molecule has 1 rings (SSSR count). The monoisotopic (exact) mass is 223 g/mol. The number of nitrogens with zero attached hydrogens (tertiary/aromatic N) is 2. The van der Waals surface area contributed by atoms with Crippen molar-refractivity contribution in [2.45, 2.75) is 59.0 Å². The lowest BCUT2D eigenvalue weighted by atomic mass is 9.90. The predicted molar refractivity (Wildman–Crippen MR) is 68.6 cm³/mol. The first kappa shape index (κ1) is 13.2. The van der Waals surface area contributed by atoms with Gasteiger partial charge in [-0.05, 0) is 26.2 Å². The molecule has 16 heavy (non-hydrogen) atoms. The summed E-state index contributed by atoms with van der Waals surface area (Å²) < 4.78 is 2.19. The van der Waals surface area contributed by atoms with E-state index in [1.165, 1.54) is 19.3 Å². The van der Waals surface area contributed by atoms with Gasteiger partial charge >= 0.3 is 0 Å². The fraction of sp³-hybridized carbons (Fsp3) is 0.769. The summed E-state index contributed by atoms with van der Waals surface area (Å²) in [6.45, 7) is 10.9. The molecule has 0 atom stereocenters. The van der Waals surface area contributed by atoms with Crippen molar-refractivity contribution in [3.05, 3.63) is 18.2 Å². The lowest BCUT2D eigenvalue weighted by Crippen LogP contribution is -2.45. The minimum absolute atomic E-state index is 0.328. The summed E-state index contributed by atoms with van der Waals surface area (Å²) in [5.41, 5.74) is 0.328. The summed E-state index contributed by atoms with van der Waals surface area (Å²) in [4.78, 5) is 4.23. The minimum atomic E-state index is 0.328. The summed E-state index contributed by atoms with van der Waals surface area (Å²) in [5.74, 6) is 1.09. The fourth-order valence-corrected chi connectivity index (χ4v) is 2.21. The number of hydrogen-bond donors (Lipinski definition) is 1. The SMILES string of the molecule is CCC(CC)(CC)NCCn1ccnc1C. The molecule has 92 valence electrons. The molecule has 1 aromatic heterocycles. The zero-order valence-corrected chi connectivity index (χ0v) is 11.1. The van der Waals surface area contributed by atoms with Crippen molar-refractivity contribution in [1.82, 2.24) is 14.9 Å². The van der Waals surface area contributed by atoms with Crippen LogP contribution < -0.4 is 5.32 Å². The molecule has 0 aliphatic carbocycles. The lowest BCUT2D eigenvalue weighted by molar-refractivity contribution is 0.286. The number of rotatable bonds is 7. The Balaban J connectivity index is 2.42. The maximum atomic E-state index is 4.23. The van der Waals surface area contributed by atoms with E-state index in [9.17, 15) is 0 Å². The molecule has 0 unspecified atom stereocenters. The highest BCUT2D eigenvalue weighted by Gasteiger charge is 2.22. The second-order valence-corrected chi connectivity index (χ2v) is 4.44. The number of aryl methyl sites for hydroxylation is 1. The Kier molecular flexibility index (Phi) is 5.00. The van der Waals surface area contributed by atoms with Crippen LogP contribution in [0.4, 0.5) is 0 Å². The van der Waals surface area contributed by atoms with E-state index in [4.69, 9.17) is 0 Å². The third-order valence-corrected chi connectivity index (χ3v) is 3.81. The van der Waals surface area contributed by atoms with E-state index in [0.717, 1.165) is 18.9 Å². The van der Waals surface area contributed by atoms with Crippen molar-refractivity contribution in [2.75, 3.05) is 6.54 Å². The average molecular weight is 223 g/mol. The zero-order chi connectivity index (χ0) is 12.0. The van der Waals surface area contributed by atoms with E-state index in [1.807, 2.05) is 19.3 Å². The first-order valence-corrected chi connectivity index (χ1v) is 6.40. The van der Waals surface area contributed by atoms with Gasteiger partial charge in [-0.25, -0.2) is 4.98 Å². The van der Waals surface area contributed by atoms with Gasteiger partial charge in [-0.2, -0.15) is 0 Å². The van der Waals surface area contributed by atoms with E-state index in [-0.39, 0.29) is 0 Å². The lowest BCUT2D eigenvalue weighted by Gasteiger charge is -2.32. The van der Waals surface area contributed by atoms with Gasteiger partial charge in [-0.15, -0.1) is 0 Å². The smallest absolute Gasteiger partial charge is 0.105 e. The van der Waals surface area contributed by atoms with Crippen LogP contribution in [0.3, 0.4) is 0 Å². The molecule has 0 aliphatic heterocycles. The minimum Gasteiger partial charge on any atom is -0.334 e. The summed E-state index contributed by atoms with van der Waals surface area (Å²) in [7, 11) is 0. The van der Waals surface area contributed by atoms with Gasteiger partial charge in [-0.3, -0.25) is 0 Å². The van der Waals surface area contributed by atoms with E-state index < -0.39 is 0 Å². The van der Waals surface area contributed by atoms with Crippen LogP contribution in [-0.4, -0.2) is 21.6 Å². The van der Waals surface area contributed by atoms with Gasteiger partial charge < -0.3 is 9.88 Å². The molecule has 0 saturated carbocycles. The van der Waals surface area contributed by atoms with Gasteiger partial charge in [0.1, 0.15) is 5.82 Å². The highest BCUT2D eigenvalue weighted by atomic mass is 15.1. The standard InChI is InChI=1S/C13H25N3/c1-5-13(6-2,7-3)15-9-11-16-10-8-14-12(16)4/h8,10,15H,5-7,9,11H2,1-4H3. The second-order valence-electron chi connectivity index (χ2n) is 4.44. The van der Waals surface area contributed by atoms with Crippen LogP contribution in [0.25, 0.3) is 0 Å². The zero-order valence-electron chi connectivity index (χ0n) is 11.1. The maximum absolute atomic E-state index is 4.23. The van der Waals surface area contributed by atoms with Crippen LogP contribution in [0.1, 0.15) is 45.9 Å². The second kappa shape index (κ2) is 6.04. The first-order chi connectivity index (χ1) is 7.67. The van der Waals surface area contributed by atoms with Crippen molar-refractivity contribution in [2.24, 2.45) is 0 Å². The molecule has 0 bridgehead atoms. The molecule has 0 fully saturated rings. The van der Waals surface area contributed by atoms with Crippen LogP contribution in [-0.2, 0) is 6.54 Å². The third-order valence-electron chi connectivity index (χ3n) is 3.81. The molecule has 3 heteroatoms. The molecular weight excluding hydrogens is 198 g/mol. The molecule has 0 aliphatic rings. The number of hydrogen-bond acceptors (Lipinski definition) is 2. The van der Waals surface area contributed by atoms with E-state index in [0.29, 0.717) is 5.54 Å². The molecule has 0 saturated heterocycles. The summed E-state index contributed by atoms with van der Waals surface area (Å²) >= 11 is 0. The Hall–Kier alpha value is -0.830. The fourth-order valence-electron chi connectivity index (χ4n) is 2.21. The largest absolute Gasteiger partial charge is 0.334 e. The molecule has 0 spiro atoms. The van der Waals surface area contributed by atoms with Gasteiger partial charge in [0.2, 0.25) is 0 Å². The topological polar surface area (TPSA) is 29.9 Å². The summed E-state index contributed by atoms with van der Waals surface area (Å²) in [5, 5.41) is 3.70. The maximum Gasteiger partial charge on any atom is 0.105 e. The van der Waals surface area contributed by atoms with Crippen molar-refractivity contribution in [3.63, 3.8) is 0 Å². The quantitative estimate of drug-likeness (QED) is 0.770. The van der Waals surface area contributed by atoms with Gasteiger partial charge in [0.05, 0.1) is 0 Å². The average Bonchev–Trinajstić information content (AvgIpc) is 2.71. The Morgan fingerprint density at radius 3 is 2.31 bits per heavy atom. The van der Waals surface area contributed by atoms with E-state index in [2.05, 4.69) is 35.6 Å². The molecule has 3 nitrogen and oxygen atoms in total. The van der Waals surface area contributed by atoms with Crippen LogP contribution in [0.5, 0.6) is 0 Å². The van der Waals surface area contributed by atoms with Crippen LogP contribution in [0.15, 0.2) is 12.4 Å². The molecular formula is C13H25N3. The molecule has 1 heterocycles. The van der Waals surface area contributed by atoms with Gasteiger partial charge in [0.25, 0.3) is 0 Å². The van der Waals surface area contributed by atoms with Crippen LogP contribution >= 0.6 is 0 Å². The number of aromatic nitrogens is 2. The van der Waals surface area contributed by atoms with Gasteiger partial charge in [0, 0.05) is 31.0 Å². The van der Waals surface area contributed by atoms with Crippen molar-refractivity contribution >= 4 is 0 Å². The Bertz CT molecular complexity index is 292. The molecule has 0 radical (unpaired) electrons. The van der Waals surface area contributed by atoms with Crippen LogP contribution in [0.2, 0.25) is 0 Å². The van der Waals surface area contributed by atoms with Crippen molar-refractivity contribution in [3.8, 4) is 0 Å². The molecule has 0 aromatic carbocycles. The van der Waals surface area contributed by atoms with E-state index in [1.54, 1.807) is 0 Å². The normalized spacial score (nSPS) is 12.0. The first-order valence-electron chi connectivity index (χ1n) is 6.40. The molecule has 0 amide bonds. The Labute approximate surface area is 99.3 Å². The van der Waals surface area contributed by atoms with Gasteiger partial charge in [0.15, 0.2) is 0 Å². The highest BCUT2D eigenvalue weighted by Crippen LogP contribution is 2.18. The summed E-state index contributed by atoms with van der Waals surface area (Å²) in [6, 6.07) is 0. The van der Waals surface area contributed by atoms with Crippen molar-refractivity contribution < 1.29 is 0 Å². The third kappa shape index (κ3) is 3.08. The number of imidazole rings is 1. The number of nitrogens with one attached hydrogen (secondary N) is 1. The van der Waals surface area contributed by atoms with E-state index >= 15 is 0 Å². The highest BCUT2D eigenvalue weighted by molar-refractivity contribution is 4.89. The molecule has 1 aromatic rings. The van der Waals surface area contributed by atoms with Gasteiger partial charge in [-0.1, -0.05) is 20.8 Å². The van der Waals surface area contributed by atoms with Crippen molar-refractivity contribution in [1.29, 1.82) is 0 Å². The Morgan fingerprint density at radius 2 is 1.88 bits per heavy atom. The van der Waals surface area contributed by atoms with Crippen LogP contribution in [0, 0.1) is 6.92 Å². The predicted octanol–water partition coefficient (Wildman–Crippen LogP) is 2.75. The molecule has 1 N–H and O–H groups in total. The Morgan fingerprint density at radius 1 is 1.25 bits per heavy atom. The summed E-state index contributed by atoms with van der Waals surface area (Å²) in [6.07, 6.45) is 7.50.